The van der Waals surface area contributed by atoms with Gasteiger partial charge < -0.3 is 15.1 Å². The summed E-state index contributed by atoms with van der Waals surface area (Å²) in [5, 5.41) is 12.1. The highest BCUT2D eigenvalue weighted by molar-refractivity contribution is 5.98. The number of nitriles is 1. The predicted molar refractivity (Wildman–Crippen MR) is 110 cm³/mol. The topological polar surface area (TPSA) is 76.4 Å². The second-order valence-corrected chi connectivity index (χ2v) is 6.80. The van der Waals surface area contributed by atoms with Crippen LogP contribution in [0, 0.1) is 11.3 Å². The van der Waals surface area contributed by atoms with Crippen LogP contribution in [-0.4, -0.2) is 30.9 Å². The minimum absolute atomic E-state index is 0.0970. The Morgan fingerprint density at radius 2 is 1.93 bits per heavy atom. The number of amides is 2. The van der Waals surface area contributed by atoms with Gasteiger partial charge in [0.25, 0.3) is 0 Å². The Labute approximate surface area is 165 Å². The Hall–Kier alpha value is -3.33. The second kappa shape index (κ2) is 9.05. The van der Waals surface area contributed by atoms with Crippen molar-refractivity contribution < 1.29 is 9.59 Å². The van der Waals surface area contributed by atoms with Crippen LogP contribution in [0.1, 0.15) is 26.2 Å². The van der Waals surface area contributed by atoms with Gasteiger partial charge in [0.1, 0.15) is 6.04 Å². The summed E-state index contributed by atoms with van der Waals surface area (Å²) in [5.41, 5.74) is 2.47. The number of carbonyl (C=O) groups excluding carboxylic acids is 2. The van der Waals surface area contributed by atoms with Crippen molar-refractivity contribution in [3.05, 3.63) is 54.6 Å². The Morgan fingerprint density at radius 1 is 1.21 bits per heavy atom. The van der Waals surface area contributed by atoms with Crippen LogP contribution < -0.4 is 15.1 Å². The summed E-state index contributed by atoms with van der Waals surface area (Å²) in [6.07, 6.45) is 1.76. The molecule has 1 aliphatic rings. The van der Waals surface area contributed by atoms with Crippen LogP contribution in [0.25, 0.3) is 0 Å². The highest BCUT2D eigenvalue weighted by Gasteiger charge is 2.23. The Kier molecular flexibility index (Phi) is 6.28. The monoisotopic (exact) mass is 376 g/mol. The second-order valence-electron chi connectivity index (χ2n) is 6.80. The molecular weight excluding hydrogens is 352 g/mol. The summed E-state index contributed by atoms with van der Waals surface area (Å²) in [4.78, 5) is 28.3. The number of nitrogens with zero attached hydrogens (tertiary/aromatic N) is 3. The molecule has 0 spiro atoms. The lowest BCUT2D eigenvalue weighted by Crippen LogP contribution is -2.42. The summed E-state index contributed by atoms with van der Waals surface area (Å²) in [6, 6.07) is 18.6. The maximum absolute atomic E-state index is 13.0. The number of carbonyl (C=O) groups is 2. The van der Waals surface area contributed by atoms with Gasteiger partial charge in [-0.15, -0.1) is 0 Å². The zero-order valence-corrected chi connectivity index (χ0v) is 16.0. The average Bonchev–Trinajstić information content (AvgIpc) is 3.15. The van der Waals surface area contributed by atoms with Crippen molar-refractivity contribution in [3.8, 4) is 6.07 Å². The number of para-hydroxylation sites is 1. The normalized spacial score (nSPS) is 14.4. The van der Waals surface area contributed by atoms with E-state index in [2.05, 4.69) is 11.4 Å². The summed E-state index contributed by atoms with van der Waals surface area (Å²) in [6.45, 7) is 2.91. The minimum Gasteiger partial charge on any atom is -0.374 e. The zero-order valence-electron chi connectivity index (χ0n) is 16.0. The number of nitrogens with one attached hydrogen (secondary N) is 1. The minimum atomic E-state index is -0.460. The summed E-state index contributed by atoms with van der Waals surface area (Å²) >= 11 is 0. The van der Waals surface area contributed by atoms with Gasteiger partial charge in [0.2, 0.25) is 11.8 Å². The molecule has 3 rings (SSSR count). The number of rotatable bonds is 7. The van der Waals surface area contributed by atoms with Gasteiger partial charge in [-0.2, -0.15) is 5.26 Å². The molecule has 1 saturated heterocycles. The van der Waals surface area contributed by atoms with E-state index in [1.165, 1.54) is 0 Å². The van der Waals surface area contributed by atoms with E-state index in [-0.39, 0.29) is 18.2 Å². The van der Waals surface area contributed by atoms with Gasteiger partial charge in [0.15, 0.2) is 0 Å². The van der Waals surface area contributed by atoms with Crippen molar-refractivity contribution >= 4 is 28.9 Å². The molecule has 2 aromatic carbocycles. The van der Waals surface area contributed by atoms with E-state index in [1.807, 2.05) is 61.5 Å². The van der Waals surface area contributed by atoms with Crippen LogP contribution in [0.4, 0.5) is 17.1 Å². The first-order valence-corrected chi connectivity index (χ1v) is 9.50. The van der Waals surface area contributed by atoms with Gasteiger partial charge in [-0.3, -0.25) is 9.59 Å². The highest BCUT2D eigenvalue weighted by atomic mass is 16.2. The van der Waals surface area contributed by atoms with Crippen molar-refractivity contribution in [2.24, 2.45) is 0 Å². The molecule has 6 nitrogen and oxygen atoms in total. The third kappa shape index (κ3) is 4.49. The van der Waals surface area contributed by atoms with Crippen molar-refractivity contribution in [1.82, 2.24) is 0 Å². The third-order valence-electron chi connectivity index (χ3n) is 4.79. The molecular formula is C22H24N4O2. The molecule has 1 fully saturated rings. The van der Waals surface area contributed by atoms with Crippen molar-refractivity contribution in [2.45, 2.75) is 32.2 Å². The molecule has 0 aromatic heterocycles. The van der Waals surface area contributed by atoms with E-state index < -0.39 is 6.04 Å². The molecule has 28 heavy (non-hydrogen) atoms. The first-order valence-electron chi connectivity index (χ1n) is 9.50. The fourth-order valence-corrected chi connectivity index (χ4v) is 3.34. The summed E-state index contributed by atoms with van der Waals surface area (Å²) in [7, 11) is 0. The highest BCUT2D eigenvalue weighted by Crippen LogP contribution is 2.24. The Morgan fingerprint density at radius 3 is 2.54 bits per heavy atom. The first kappa shape index (κ1) is 19.4. The number of benzene rings is 2. The zero-order chi connectivity index (χ0) is 19.9. The van der Waals surface area contributed by atoms with Gasteiger partial charge >= 0.3 is 0 Å². The molecule has 2 aromatic rings. The fourth-order valence-electron chi connectivity index (χ4n) is 3.34. The van der Waals surface area contributed by atoms with Crippen LogP contribution in [0.3, 0.4) is 0 Å². The standard InChI is InChI=1S/C22H24N4O2/c1-17(22(28)26(16-6-14-23)19-7-3-2-4-8-19)24-18-10-12-20(13-11-18)25-15-5-9-21(25)27/h2-4,7-8,10-13,17,24H,5-6,9,15-16H2,1H3. The molecule has 1 atom stereocenters. The molecule has 1 unspecified atom stereocenters. The number of hydrogen-bond acceptors (Lipinski definition) is 4. The van der Waals surface area contributed by atoms with Crippen LogP contribution in [-0.2, 0) is 9.59 Å². The van der Waals surface area contributed by atoms with E-state index in [0.717, 1.165) is 30.0 Å². The van der Waals surface area contributed by atoms with E-state index in [0.29, 0.717) is 13.0 Å². The maximum Gasteiger partial charge on any atom is 0.249 e. The molecule has 0 saturated carbocycles. The Balaban J connectivity index is 1.68. The lowest BCUT2D eigenvalue weighted by Gasteiger charge is -2.26. The molecule has 1 heterocycles. The smallest absolute Gasteiger partial charge is 0.249 e. The van der Waals surface area contributed by atoms with Gasteiger partial charge in [-0.25, -0.2) is 0 Å². The molecule has 0 radical (unpaired) electrons. The maximum atomic E-state index is 13.0. The predicted octanol–water partition coefficient (Wildman–Crippen LogP) is 3.56. The van der Waals surface area contributed by atoms with Crippen LogP contribution in [0.5, 0.6) is 0 Å². The first-order chi connectivity index (χ1) is 13.6. The lowest BCUT2D eigenvalue weighted by molar-refractivity contribution is -0.119. The molecule has 6 heteroatoms. The van der Waals surface area contributed by atoms with Crippen LogP contribution in [0.15, 0.2) is 54.6 Å². The summed E-state index contributed by atoms with van der Waals surface area (Å²) in [5.74, 6) is 0.0560. The van der Waals surface area contributed by atoms with E-state index >= 15 is 0 Å². The molecule has 0 aliphatic carbocycles. The van der Waals surface area contributed by atoms with Crippen LogP contribution in [0.2, 0.25) is 0 Å². The number of anilines is 3. The van der Waals surface area contributed by atoms with E-state index in [9.17, 15) is 9.59 Å². The molecule has 144 valence electrons. The fraction of sp³-hybridized carbons (Fsp3) is 0.318. The Bertz CT molecular complexity index is 858. The van der Waals surface area contributed by atoms with E-state index in [1.54, 1.807) is 9.80 Å². The van der Waals surface area contributed by atoms with Crippen molar-refractivity contribution in [1.29, 1.82) is 5.26 Å². The molecule has 0 bridgehead atoms. The van der Waals surface area contributed by atoms with E-state index in [4.69, 9.17) is 5.26 Å². The average molecular weight is 376 g/mol. The van der Waals surface area contributed by atoms with Crippen molar-refractivity contribution in [2.75, 3.05) is 28.2 Å². The van der Waals surface area contributed by atoms with Gasteiger partial charge in [-0.05, 0) is 49.7 Å². The molecule has 2 amide bonds. The molecule has 1 aliphatic heterocycles. The molecule has 1 N–H and O–H groups in total. The van der Waals surface area contributed by atoms with Crippen molar-refractivity contribution in [3.63, 3.8) is 0 Å². The van der Waals surface area contributed by atoms with Gasteiger partial charge in [0.05, 0.1) is 12.5 Å². The van der Waals surface area contributed by atoms with Gasteiger partial charge in [0, 0.05) is 36.6 Å². The largest absolute Gasteiger partial charge is 0.374 e. The van der Waals surface area contributed by atoms with Gasteiger partial charge in [-0.1, -0.05) is 18.2 Å². The summed E-state index contributed by atoms with van der Waals surface area (Å²) < 4.78 is 0. The van der Waals surface area contributed by atoms with Crippen LogP contribution >= 0.6 is 0 Å². The lowest BCUT2D eigenvalue weighted by atomic mass is 10.2. The number of hydrogen-bond donors (Lipinski definition) is 1. The quantitative estimate of drug-likeness (QED) is 0.802. The SMILES string of the molecule is CC(Nc1ccc(N2CCCC2=O)cc1)C(=O)N(CCC#N)c1ccccc1. The third-order valence-corrected chi connectivity index (χ3v) is 4.79.